The van der Waals surface area contributed by atoms with Gasteiger partial charge < -0.3 is 9.29 Å². The number of benzene rings is 1. The molecule has 1 N–H and O–H groups in total. The minimum atomic E-state index is -0.936. The first-order valence-corrected chi connectivity index (χ1v) is 5.02. The first-order chi connectivity index (χ1) is 6.77. The van der Waals surface area contributed by atoms with Crippen LogP contribution in [0.4, 0.5) is 0 Å². The third-order valence-electron chi connectivity index (χ3n) is 1.87. The van der Waals surface area contributed by atoms with E-state index in [0.29, 0.717) is 5.75 Å². The third-order valence-corrected chi connectivity index (χ3v) is 2.50. The van der Waals surface area contributed by atoms with Gasteiger partial charge in [0, 0.05) is 5.56 Å². The van der Waals surface area contributed by atoms with Gasteiger partial charge in [-0.25, -0.2) is 4.79 Å². The van der Waals surface area contributed by atoms with Crippen LogP contribution in [0.1, 0.15) is 15.9 Å². The summed E-state index contributed by atoms with van der Waals surface area (Å²) in [5, 5.41) is 8.78. The Morgan fingerprint density at radius 1 is 1.50 bits per heavy atom. The molecule has 0 saturated carbocycles. The number of carboxylic acid groups (broad SMARTS) is 1. The largest absolute Gasteiger partial charge is 0.478 e. The van der Waals surface area contributed by atoms with E-state index in [-0.39, 0.29) is 5.56 Å². The molecule has 0 aromatic heterocycles. The molecule has 0 bridgehead atoms. The second-order valence-electron chi connectivity index (χ2n) is 2.83. The SMILES string of the molecule is O=C(O)c1ccc2c(c1)OSCC=C2. The maximum atomic E-state index is 10.7. The maximum Gasteiger partial charge on any atom is 0.335 e. The zero-order valence-electron chi connectivity index (χ0n) is 7.27. The van der Waals surface area contributed by atoms with E-state index in [0.717, 1.165) is 11.3 Å². The van der Waals surface area contributed by atoms with Crippen molar-refractivity contribution in [3.05, 3.63) is 35.4 Å². The fourth-order valence-electron chi connectivity index (χ4n) is 1.19. The summed E-state index contributed by atoms with van der Waals surface area (Å²) in [5.41, 5.74) is 1.17. The van der Waals surface area contributed by atoms with Gasteiger partial charge in [0.05, 0.1) is 23.4 Å². The van der Waals surface area contributed by atoms with Crippen molar-refractivity contribution in [2.45, 2.75) is 0 Å². The Labute approximate surface area is 85.6 Å². The second kappa shape index (κ2) is 3.75. The molecule has 1 aromatic rings. The Kier molecular flexibility index (Phi) is 2.45. The summed E-state index contributed by atoms with van der Waals surface area (Å²) < 4.78 is 5.33. The van der Waals surface area contributed by atoms with Crippen LogP contribution in [0.3, 0.4) is 0 Å². The van der Waals surface area contributed by atoms with Crippen molar-refractivity contribution in [2.75, 3.05) is 5.75 Å². The van der Waals surface area contributed by atoms with Crippen molar-refractivity contribution in [1.82, 2.24) is 0 Å². The standard InChI is InChI=1S/C10H8O3S/c11-10(12)8-4-3-7-2-1-5-14-13-9(7)6-8/h1-4,6H,5H2,(H,11,12). The van der Waals surface area contributed by atoms with E-state index >= 15 is 0 Å². The lowest BCUT2D eigenvalue weighted by atomic mass is 10.1. The molecule has 72 valence electrons. The van der Waals surface area contributed by atoms with Gasteiger partial charge in [-0.2, -0.15) is 0 Å². The number of carboxylic acids is 1. The van der Waals surface area contributed by atoms with Crippen LogP contribution in [0.25, 0.3) is 6.08 Å². The normalized spacial score (nSPS) is 14.0. The van der Waals surface area contributed by atoms with Gasteiger partial charge in [-0.3, -0.25) is 0 Å². The van der Waals surface area contributed by atoms with E-state index in [1.807, 2.05) is 12.2 Å². The van der Waals surface area contributed by atoms with Gasteiger partial charge in [-0.15, -0.1) is 0 Å². The first-order valence-electron chi connectivity index (χ1n) is 4.11. The van der Waals surface area contributed by atoms with Crippen LogP contribution in [-0.4, -0.2) is 16.8 Å². The van der Waals surface area contributed by atoms with Crippen molar-refractivity contribution in [2.24, 2.45) is 0 Å². The van der Waals surface area contributed by atoms with Gasteiger partial charge in [-0.05, 0) is 12.1 Å². The molecule has 0 atom stereocenters. The van der Waals surface area contributed by atoms with Crippen LogP contribution in [-0.2, 0) is 0 Å². The Morgan fingerprint density at radius 2 is 2.36 bits per heavy atom. The highest BCUT2D eigenvalue weighted by molar-refractivity contribution is 7.95. The lowest BCUT2D eigenvalue weighted by Crippen LogP contribution is -1.96. The van der Waals surface area contributed by atoms with Gasteiger partial charge in [0.25, 0.3) is 0 Å². The van der Waals surface area contributed by atoms with Crippen LogP contribution in [0.5, 0.6) is 5.75 Å². The van der Waals surface area contributed by atoms with Crippen LogP contribution in [0.15, 0.2) is 24.3 Å². The molecule has 1 aromatic carbocycles. The highest BCUT2D eigenvalue weighted by atomic mass is 32.2. The van der Waals surface area contributed by atoms with Crippen molar-refractivity contribution in [3.63, 3.8) is 0 Å². The molecule has 0 radical (unpaired) electrons. The Bertz CT molecular complexity index is 398. The highest BCUT2D eigenvalue weighted by Crippen LogP contribution is 2.27. The van der Waals surface area contributed by atoms with Crippen LogP contribution >= 0.6 is 12.0 Å². The molecule has 0 spiro atoms. The topological polar surface area (TPSA) is 46.5 Å². The highest BCUT2D eigenvalue weighted by Gasteiger charge is 2.09. The van der Waals surface area contributed by atoms with Crippen molar-refractivity contribution < 1.29 is 14.1 Å². The van der Waals surface area contributed by atoms with Crippen molar-refractivity contribution in [1.29, 1.82) is 0 Å². The second-order valence-corrected chi connectivity index (χ2v) is 3.56. The molecule has 0 aliphatic carbocycles. The predicted molar refractivity (Wildman–Crippen MR) is 55.5 cm³/mol. The number of fused-ring (bicyclic) bond motifs is 1. The summed E-state index contributed by atoms with van der Waals surface area (Å²) in [4.78, 5) is 10.7. The van der Waals surface area contributed by atoms with Gasteiger partial charge >= 0.3 is 5.97 Å². The Hall–Kier alpha value is -1.42. The molecule has 1 heterocycles. The van der Waals surface area contributed by atoms with Crippen molar-refractivity contribution >= 4 is 24.1 Å². The van der Waals surface area contributed by atoms with Gasteiger partial charge in [0.1, 0.15) is 5.75 Å². The molecular weight excluding hydrogens is 200 g/mol. The quantitative estimate of drug-likeness (QED) is 0.720. The van der Waals surface area contributed by atoms with E-state index in [1.165, 1.54) is 12.0 Å². The van der Waals surface area contributed by atoms with E-state index in [9.17, 15) is 4.79 Å². The Morgan fingerprint density at radius 3 is 3.14 bits per heavy atom. The van der Waals surface area contributed by atoms with E-state index < -0.39 is 5.97 Å². The molecular formula is C10H8O3S. The predicted octanol–water partition coefficient (Wildman–Crippen LogP) is 2.44. The third kappa shape index (κ3) is 1.75. The minimum absolute atomic E-state index is 0.250. The Balaban J connectivity index is 2.44. The lowest BCUT2D eigenvalue weighted by Gasteiger charge is -2.04. The molecule has 0 unspecified atom stereocenters. The van der Waals surface area contributed by atoms with E-state index in [2.05, 4.69) is 0 Å². The molecule has 1 aliphatic rings. The zero-order chi connectivity index (χ0) is 9.97. The smallest absolute Gasteiger partial charge is 0.335 e. The fraction of sp³-hybridized carbons (Fsp3) is 0.100. The molecule has 0 amide bonds. The number of hydrogen-bond donors (Lipinski definition) is 1. The van der Waals surface area contributed by atoms with Crippen LogP contribution < -0.4 is 4.18 Å². The summed E-state index contributed by atoms with van der Waals surface area (Å²) in [6.07, 6.45) is 3.91. The minimum Gasteiger partial charge on any atom is -0.478 e. The average Bonchev–Trinajstić information content (AvgIpc) is 2.41. The summed E-state index contributed by atoms with van der Waals surface area (Å²) in [6.45, 7) is 0. The molecule has 3 nitrogen and oxygen atoms in total. The number of hydrogen-bond acceptors (Lipinski definition) is 3. The number of carbonyl (C=O) groups is 1. The van der Waals surface area contributed by atoms with Crippen molar-refractivity contribution in [3.8, 4) is 5.75 Å². The molecule has 0 fully saturated rings. The zero-order valence-corrected chi connectivity index (χ0v) is 8.08. The van der Waals surface area contributed by atoms with E-state index in [4.69, 9.17) is 9.29 Å². The van der Waals surface area contributed by atoms with E-state index in [1.54, 1.807) is 18.2 Å². The number of aromatic carboxylic acids is 1. The first kappa shape index (κ1) is 9.15. The van der Waals surface area contributed by atoms with Gasteiger partial charge in [0.2, 0.25) is 0 Å². The van der Waals surface area contributed by atoms with Gasteiger partial charge in [0.15, 0.2) is 0 Å². The van der Waals surface area contributed by atoms with Crippen LogP contribution in [0.2, 0.25) is 0 Å². The summed E-state index contributed by atoms with van der Waals surface area (Å²) >= 11 is 1.30. The molecule has 14 heavy (non-hydrogen) atoms. The number of rotatable bonds is 1. The summed E-state index contributed by atoms with van der Waals surface area (Å²) in [5.74, 6) is 0.454. The average molecular weight is 208 g/mol. The molecule has 4 heteroatoms. The summed E-state index contributed by atoms with van der Waals surface area (Å²) in [6, 6.07) is 4.87. The molecule has 0 saturated heterocycles. The van der Waals surface area contributed by atoms with Crippen LogP contribution in [0, 0.1) is 0 Å². The molecule has 2 rings (SSSR count). The molecule has 1 aliphatic heterocycles. The lowest BCUT2D eigenvalue weighted by molar-refractivity contribution is 0.0696. The fourth-order valence-corrected chi connectivity index (χ4v) is 1.70. The monoisotopic (exact) mass is 208 g/mol. The van der Waals surface area contributed by atoms with Gasteiger partial charge in [-0.1, -0.05) is 18.2 Å². The maximum absolute atomic E-state index is 10.7. The summed E-state index contributed by atoms with van der Waals surface area (Å²) in [7, 11) is 0.